The van der Waals surface area contributed by atoms with Crippen molar-refractivity contribution in [3.8, 4) is 0 Å². The third-order valence-corrected chi connectivity index (χ3v) is 4.22. The Labute approximate surface area is 137 Å². The summed E-state index contributed by atoms with van der Waals surface area (Å²) >= 11 is 0. The summed E-state index contributed by atoms with van der Waals surface area (Å²) in [6, 6.07) is 17.3. The van der Waals surface area contributed by atoms with Gasteiger partial charge in [-0.2, -0.15) is 0 Å². The third kappa shape index (κ3) is 4.11. The van der Waals surface area contributed by atoms with Gasteiger partial charge in [-0.25, -0.2) is 0 Å². The van der Waals surface area contributed by atoms with Crippen LogP contribution in [0.5, 0.6) is 0 Å². The summed E-state index contributed by atoms with van der Waals surface area (Å²) < 4.78 is 0. The van der Waals surface area contributed by atoms with Crippen molar-refractivity contribution >= 4 is 17.3 Å². The number of hydrogen-bond acceptors (Lipinski definition) is 3. The van der Waals surface area contributed by atoms with Crippen molar-refractivity contribution in [2.24, 2.45) is 5.73 Å². The van der Waals surface area contributed by atoms with Gasteiger partial charge in [0, 0.05) is 24.5 Å². The Bertz CT molecular complexity index is 651. The molecule has 1 atom stereocenters. The number of rotatable bonds is 5. The number of nitrogens with two attached hydrogens (primary N) is 1. The average molecular weight is 309 g/mol. The molecule has 4 nitrogen and oxygen atoms in total. The highest BCUT2D eigenvalue weighted by atomic mass is 16.2. The number of benzene rings is 2. The van der Waals surface area contributed by atoms with Crippen LogP contribution in [0.3, 0.4) is 0 Å². The summed E-state index contributed by atoms with van der Waals surface area (Å²) in [7, 11) is 0. The smallest absolute Gasteiger partial charge is 0.241 e. The molecule has 120 valence electrons. The van der Waals surface area contributed by atoms with Crippen LogP contribution in [0.1, 0.15) is 18.4 Å². The van der Waals surface area contributed by atoms with Gasteiger partial charge in [0.1, 0.15) is 0 Å². The fourth-order valence-corrected chi connectivity index (χ4v) is 2.95. The second kappa shape index (κ2) is 7.29. The van der Waals surface area contributed by atoms with Gasteiger partial charge in [0.05, 0.1) is 6.04 Å². The molecular formula is C19H23N3O. The minimum Gasteiger partial charge on any atom is -0.371 e. The first-order chi connectivity index (χ1) is 11.2. The largest absolute Gasteiger partial charge is 0.371 e. The number of nitrogens with zero attached hydrogens (tertiary/aromatic N) is 1. The zero-order valence-corrected chi connectivity index (χ0v) is 13.2. The fourth-order valence-electron chi connectivity index (χ4n) is 2.95. The fraction of sp³-hybridized carbons (Fsp3) is 0.316. The van der Waals surface area contributed by atoms with Gasteiger partial charge in [0.15, 0.2) is 0 Å². The van der Waals surface area contributed by atoms with Crippen LogP contribution in [-0.4, -0.2) is 25.0 Å². The molecule has 1 fully saturated rings. The SMILES string of the molecule is N[C@@H](Cc1ccccc1)C(=O)Nc1cccc(N2CCCC2)c1. The van der Waals surface area contributed by atoms with E-state index in [1.807, 2.05) is 48.5 Å². The number of carbonyl (C=O) groups excluding carboxylic acids is 1. The second-order valence-corrected chi connectivity index (χ2v) is 6.03. The van der Waals surface area contributed by atoms with Crippen molar-refractivity contribution in [2.75, 3.05) is 23.3 Å². The number of anilines is 2. The minimum atomic E-state index is -0.548. The lowest BCUT2D eigenvalue weighted by atomic mass is 10.1. The molecule has 0 spiro atoms. The highest BCUT2D eigenvalue weighted by molar-refractivity contribution is 5.95. The molecule has 3 N–H and O–H groups in total. The van der Waals surface area contributed by atoms with E-state index < -0.39 is 6.04 Å². The third-order valence-electron chi connectivity index (χ3n) is 4.22. The molecule has 3 rings (SSSR count). The lowest BCUT2D eigenvalue weighted by molar-refractivity contribution is -0.117. The Balaban J connectivity index is 1.62. The molecule has 1 saturated heterocycles. The van der Waals surface area contributed by atoms with Crippen LogP contribution in [-0.2, 0) is 11.2 Å². The van der Waals surface area contributed by atoms with Crippen LogP contribution in [0.4, 0.5) is 11.4 Å². The van der Waals surface area contributed by atoms with Gasteiger partial charge in [-0.15, -0.1) is 0 Å². The maximum Gasteiger partial charge on any atom is 0.241 e. The first-order valence-electron chi connectivity index (χ1n) is 8.18. The molecule has 4 heteroatoms. The number of nitrogens with one attached hydrogen (secondary N) is 1. The molecule has 0 saturated carbocycles. The summed E-state index contributed by atoms with van der Waals surface area (Å²) in [4.78, 5) is 14.6. The van der Waals surface area contributed by atoms with Crippen molar-refractivity contribution in [1.29, 1.82) is 0 Å². The van der Waals surface area contributed by atoms with Crippen LogP contribution < -0.4 is 16.0 Å². The van der Waals surface area contributed by atoms with Crippen LogP contribution in [0.15, 0.2) is 54.6 Å². The number of carbonyl (C=O) groups is 1. The molecule has 2 aromatic carbocycles. The zero-order valence-electron chi connectivity index (χ0n) is 13.2. The maximum absolute atomic E-state index is 12.3. The first-order valence-corrected chi connectivity index (χ1v) is 8.18. The van der Waals surface area contributed by atoms with E-state index in [-0.39, 0.29) is 5.91 Å². The predicted octanol–water partition coefficient (Wildman–Crippen LogP) is 2.80. The van der Waals surface area contributed by atoms with Crippen LogP contribution >= 0.6 is 0 Å². The molecule has 0 radical (unpaired) electrons. The van der Waals surface area contributed by atoms with E-state index in [1.165, 1.54) is 12.8 Å². The van der Waals surface area contributed by atoms with Gasteiger partial charge in [-0.3, -0.25) is 4.79 Å². The quantitative estimate of drug-likeness (QED) is 0.893. The second-order valence-electron chi connectivity index (χ2n) is 6.03. The summed E-state index contributed by atoms with van der Waals surface area (Å²) in [5.74, 6) is -0.146. The molecule has 1 amide bonds. The first kappa shape index (κ1) is 15.6. The van der Waals surface area contributed by atoms with E-state index in [0.717, 1.165) is 30.0 Å². The molecular weight excluding hydrogens is 286 g/mol. The van der Waals surface area contributed by atoms with E-state index in [0.29, 0.717) is 6.42 Å². The lowest BCUT2D eigenvalue weighted by Gasteiger charge is -2.19. The molecule has 1 aliphatic heterocycles. The summed E-state index contributed by atoms with van der Waals surface area (Å²) in [5.41, 5.74) is 9.08. The van der Waals surface area contributed by atoms with Gasteiger partial charge in [0.2, 0.25) is 5.91 Å². The van der Waals surface area contributed by atoms with Crippen molar-refractivity contribution in [1.82, 2.24) is 0 Å². The van der Waals surface area contributed by atoms with Crippen LogP contribution in [0.2, 0.25) is 0 Å². The molecule has 23 heavy (non-hydrogen) atoms. The van der Waals surface area contributed by atoms with E-state index in [9.17, 15) is 4.79 Å². The Hall–Kier alpha value is -2.33. The number of hydrogen-bond donors (Lipinski definition) is 2. The normalized spacial score (nSPS) is 15.4. The standard InChI is InChI=1S/C19H23N3O/c20-18(13-15-7-2-1-3-8-15)19(23)21-16-9-6-10-17(14-16)22-11-4-5-12-22/h1-3,6-10,14,18H,4-5,11-13,20H2,(H,21,23)/t18-/m0/s1. The van der Waals surface area contributed by atoms with Gasteiger partial charge in [-0.1, -0.05) is 36.4 Å². The van der Waals surface area contributed by atoms with Crippen molar-refractivity contribution in [2.45, 2.75) is 25.3 Å². The van der Waals surface area contributed by atoms with E-state index in [4.69, 9.17) is 5.73 Å². The molecule has 1 heterocycles. The Morgan fingerprint density at radius 2 is 1.83 bits per heavy atom. The monoisotopic (exact) mass is 309 g/mol. The minimum absolute atomic E-state index is 0.146. The Morgan fingerprint density at radius 1 is 1.09 bits per heavy atom. The van der Waals surface area contributed by atoms with Crippen molar-refractivity contribution in [3.63, 3.8) is 0 Å². The highest BCUT2D eigenvalue weighted by Gasteiger charge is 2.16. The average Bonchev–Trinajstić information content (AvgIpc) is 3.10. The zero-order chi connectivity index (χ0) is 16.1. The molecule has 0 aromatic heterocycles. The molecule has 1 aliphatic rings. The van der Waals surface area contributed by atoms with Crippen molar-refractivity contribution in [3.05, 3.63) is 60.2 Å². The van der Waals surface area contributed by atoms with Gasteiger partial charge in [0.25, 0.3) is 0 Å². The molecule has 0 aliphatic carbocycles. The van der Waals surface area contributed by atoms with E-state index in [1.54, 1.807) is 0 Å². The van der Waals surface area contributed by atoms with Gasteiger partial charge < -0.3 is 16.0 Å². The number of amides is 1. The Kier molecular flexibility index (Phi) is 4.93. The molecule has 0 unspecified atom stereocenters. The topological polar surface area (TPSA) is 58.4 Å². The maximum atomic E-state index is 12.3. The predicted molar refractivity (Wildman–Crippen MR) is 94.6 cm³/mol. The van der Waals surface area contributed by atoms with Gasteiger partial charge in [-0.05, 0) is 43.0 Å². The summed E-state index contributed by atoms with van der Waals surface area (Å²) in [6.07, 6.45) is 3.01. The van der Waals surface area contributed by atoms with Gasteiger partial charge >= 0.3 is 0 Å². The molecule has 2 aromatic rings. The van der Waals surface area contributed by atoms with E-state index >= 15 is 0 Å². The Morgan fingerprint density at radius 3 is 2.57 bits per heavy atom. The summed E-state index contributed by atoms with van der Waals surface area (Å²) in [5, 5.41) is 2.94. The lowest BCUT2D eigenvalue weighted by Crippen LogP contribution is -2.37. The highest BCUT2D eigenvalue weighted by Crippen LogP contribution is 2.23. The van der Waals surface area contributed by atoms with Crippen LogP contribution in [0, 0.1) is 0 Å². The molecule has 0 bridgehead atoms. The van der Waals surface area contributed by atoms with Crippen molar-refractivity contribution < 1.29 is 4.79 Å². The van der Waals surface area contributed by atoms with E-state index in [2.05, 4.69) is 16.3 Å². The summed E-state index contributed by atoms with van der Waals surface area (Å²) in [6.45, 7) is 2.18. The van der Waals surface area contributed by atoms with Crippen LogP contribution in [0.25, 0.3) is 0 Å².